The van der Waals surface area contributed by atoms with Crippen molar-refractivity contribution in [2.75, 3.05) is 6.61 Å². The van der Waals surface area contributed by atoms with Gasteiger partial charge in [-0.25, -0.2) is 4.79 Å². The molecule has 0 aliphatic heterocycles. The van der Waals surface area contributed by atoms with Crippen molar-refractivity contribution in [1.29, 1.82) is 0 Å². The summed E-state index contributed by atoms with van der Waals surface area (Å²) in [5, 5.41) is 8.46. The van der Waals surface area contributed by atoms with Crippen molar-refractivity contribution in [3.63, 3.8) is 0 Å². The standard InChI is InChI=1S/C10H16O4/c1-7(2)6-14-9(11)5-4-8(3)10(12)13/h7H,3-6H2,1-2H3,(H,12,13). The van der Waals surface area contributed by atoms with Gasteiger partial charge in [-0.15, -0.1) is 0 Å². The quantitative estimate of drug-likeness (QED) is 0.522. The van der Waals surface area contributed by atoms with Gasteiger partial charge in [-0.3, -0.25) is 4.79 Å². The monoisotopic (exact) mass is 200 g/mol. The van der Waals surface area contributed by atoms with E-state index >= 15 is 0 Å². The van der Waals surface area contributed by atoms with Crippen molar-refractivity contribution >= 4 is 11.9 Å². The number of hydrogen-bond acceptors (Lipinski definition) is 3. The first kappa shape index (κ1) is 12.7. The molecule has 0 unspecified atom stereocenters. The Morgan fingerprint density at radius 1 is 1.36 bits per heavy atom. The summed E-state index contributed by atoms with van der Waals surface area (Å²) < 4.78 is 4.86. The van der Waals surface area contributed by atoms with E-state index in [9.17, 15) is 9.59 Å². The van der Waals surface area contributed by atoms with Gasteiger partial charge in [0.15, 0.2) is 0 Å². The molecule has 0 spiro atoms. The fourth-order valence-electron chi connectivity index (χ4n) is 0.692. The van der Waals surface area contributed by atoms with Crippen LogP contribution in [-0.4, -0.2) is 23.7 Å². The van der Waals surface area contributed by atoms with Gasteiger partial charge in [0.25, 0.3) is 0 Å². The molecule has 0 saturated heterocycles. The van der Waals surface area contributed by atoms with Crippen LogP contribution in [-0.2, 0) is 14.3 Å². The van der Waals surface area contributed by atoms with Gasteiger partial charge in [-0.1, -0.05) is 20.4 Å². The molecule has 0 amide bonds. The van der Waals surface area contributed by atoms with Crippen LogP contribution in [0.4, 0.5) is 0 Å². The van der Waals surface area contributed by atoms with Crippen molar-refractivity contribution in [2.45, 2.75) is 26.7 Å². The fourth-order valence-corrected chi connectivity index (χ4v) is 0.692. The number of carboxylic acids is 1. The number of rotatable bonds is 6. The van der Waals surface area contributed by atoms with E-state index in [1.54, 1.807) is 0 Å². The van der Waals surface area contributed by atoms with E-state index in [4.69, 9.17) is 9.84 Å². The lowest BCUT2D eigenvalue weighted by molar-refractivity contribution is -0.144. The molecular formula is C10H16O4. The van der Waals surface area contributed by atoms with Gasteiger partial charge in [-0.2, -0.15) is 0 Å². The van der Waals surface area contributed by atoms with E-state index in [1.165, 1.54) is 0 Å². The summed E-state index contributed by atoms with van der Waals surface area (Å²) >= 11 is 0. The number of carbonyl (C=O) groups excluding carboxylic acids is 1. The number of aliphatic carboxylic acids is 1. The minimum absolute atomic E-state index is 0.0338. The van der Waals surface area contributed by atoms with E-state index < -0.39 is 5.97 Å². The first-order chi connectivity index (χ1) is 6.43. The lowest BCUT2D eigenvalue weighted by atomic mass is 10.2. The zero-order chi connectivity index (χ0) is 11.1. The Bertz CT molecular complexity index is 230. The highest BCUT2D eigenvalue weighted by Gasteiger charge is 2.09. The summed E-state index contributed by atoms with van der Waals surface area (Å²) in [5.41, 5.74) is 0.0338. The summed E-state index contributed by atoms with van der Waals surface area (Å²) in [7, 11) is 0. The number of hydrogen-bond donors (Lipinski definition) is 1. The average Bonchev–Trinajstić information content (AvgIpc) is 2.10. The van der Waals surface area contributed by atoms with Gasteiger partial charge < -0.3 is 9.84 Å². The molecular weight excluding hydrogens is 184 g/mol. The summed E-state index contributed by atoms with van der Waals surface area (Å²) in [6, 6.07) is 0. The van der Waals surface area contributed by atoms with Crippen LogP contribution in [0.5, 0.6) is 0 Å². The smallest absolute Gasteiger partial charge is 0.330 e. The van der Waals surface area contributed by atoms with E-state index in [-0.39, 0.29) is 24.4 Å². The van der Waals surface area contributed by atoms with Crippen molar-refractivity contribution in [3.8, 4) is 0 Å². The third-order valence-corrected chi connectivity index (χ3v) is 1.51. The highest BCUT2D eigenvalue weighted by atomic mass is 16.5. The Hall–Kier alpha value is -1.32. The van der Waals surface area contributed by atoms with Gasteiger partial charge >= 0.3 is 11.9 Å². The minimum Gasteiger partial charge on any atom is -0.478 e. The molecule has 0 fully saturated rings. The van der Waals surface area contributed by atoms with Crippen LogP contribution in [0.1, 0.15) is 26.7 Å². The zero-order valence-electron chi connectivity index (χ0n) is 8.58. The van der Waals surface area contributed by atoms with Gasteiger partial charge in [0.05, 0.1) is 6.61 Å². The van der Waals surface area contributed by atoms with Gasteiger partial charge in [0, 0.05) is 12.0 Å². The first-order valence-corrected chi connectivity index (χ1v) is 4.50. The van der Waals surface area contributed by atoms with Gasteiger partial charge in [-0.05, 0) is 12.3 Å². The number of ether oxygens (including phenoxy) is 1. The predicted molar refractivity (Wildman–Crippen MR) is 51.8 cm³/mol. The molecule has 1 N–H and O–H groups in total. The Morgan fingerprint density at radius 3 is 2.36 bits per heavy atom. The van der Waals surface area contributed by atoms with Crippen LogP contribution in [0, 0.1) is 5.92 Å². The molecule has 0 aromatic rings. The van der Waals surface area contributed by atoms with Crippen molar-refractivity contribution < 1.29 is 19.4 Å². The van der Waals surface area contributed by atoms with Crippen molar-refractivity contribution in [3.05, 3.63) is 12.2 Å². The second kappa shape index (κ2) is 6.18. The summed E-state index contributed by atoms with van der Waals surface area (Å²) in [6.07, 6.45) is 0.226. The lowest BCUT2D eigenvalue weighted by Gasteiger charge is -2.06. The summed E-state index contributed by atoms with van der Waals surface area (Å²) in [4.78, 5) is 21.3. The zero-order valence-corrected chi connectivity index (χ0v) is 8.58. The van der Waals surface area contributed by atoms with Crippen LogP contribution in [0.3, 0.4) is 0 Å². The maximum atomic E-state index is 11.0. The predicted octanol–water partition coefficient (Wildman–Crippen LogP) is 1.61. The Morgan fingerprint density at radius 2 is 1.93 bits per heavy atom. The third-order valence-electron chi connectivity index (χ3n) is 1.51. The van der Waals surface area contributed by atoms with Gasteiger partial charge in [0.2, 0.25) is 0 Å². The Labute approximate surface area is 83.6 Å². The molecule has 80 valence electrons. The lowest BCUT2D eigenvalue weighted by Crippen LogP contribution is -2.11. The molecule has 4 heteroatoms. The molecule has 14 heavy (non-hydrogen) atoms. The second-order valence-corrected chi connectivity index (χ2v) is 3.49. The fraction of sp³-hybridized carbons (Fsp3) is 0.600. The Balaban J connectivity index is 3.64. The molecule has 0 aromatic carbocycles. The summed E-state index contributed by atoms with van der Waals surface area (Å²) in [6.45, 7) is 7.56. The molecule has 4 nitrogen and oxygen atoms in total. The maximum absolute atomic E-state index is 11.0. The highest BCUT2D eigenvalue weighted by molar-refractivity contribution is 5.86. The van der Waals surface area contributed by atoms with E-state index in [0.29, 0.717) is 12.5 Å². The Kier molecular flexibility index (Phi) is 5.60. The summed E-state index contributed by atoms with van der Waals surface area (Å²) in [5.74, 6) is -1.15. The van der Waals surface area contributed by atoms with E-state index in [2.05, 4.69) is 6.58 Å². The highest BCUT2D eigenvalue weighted by Crippen LogP contribution is 2.04. The van der Waals surface area contributed by atoms with Gasteiger partial charge in [0.1, 0.15) is 0 Å². The van der Waals surface area contributed by atoms with E-state index in [0.717, 1.165) is 0 Å². The minimum atomic E-state index is -1.07. The normalized spacial score (nSPS) is 9.93. The van der Waals surface area contributed by atoms with Crippen LogP contribution >= 0.6 is 0 Å². The average molecular weight is 200 g/mol. The maximum Gasteiger partial charge on any atom is 0.330 e. The molecule has 0 aromatic heterocycles. The van der Waals surface area contributed by atoms with Crippen molar-refractivity contribution in [1.82, 2.24) is 0 Å². The van der Waals surface area contributed by atoms with Crippen LogP contribution < -0.4 is 0 Å². The first-order valence-electron chi connectivity index (χ1n) is 4.50. The molecule has 0 bridgehead atoms. The van der Waals surface area contributed by atoms with Crippen molar-refractivity contribution in [2.24, 2.45) is 5.92 Å². The van der Waals surface area contributed by atoms with Crippen LogP contribution in [0.15, 0.2) is 12.2 Å². The molecule has 0 heterocycles. The molecule has 0 radical (unpaired) electrons. The number of esters is 1. The molecule has 0 aliphatic carbocycles. The molecule has 0 rings (SSSR count). The van der Waals surface area contributed by atoms with Crippen LogP contribution in [0.2, 0.25) is 0 Å². The molecule has 0 saturated carbocycles. The number of carbonyl (C=O) groups is 2. The SMILES string of the molecule is C=C(CCC(=O)OCC(C)C)C(=O)O. The topological polar surface area (TPSA) is 63.6 Å². The second-order valence-electron chi connectivity index (χ2n) is 3.49. The number of carboxylic acid groups (broad SMARTS) is 1. The third kappa shape index (κ3) is 6.22. The van der Waals surface area contributed by atoms with E-state index in [1.807, 2.05) is 13.8 Å². The van der Waals surface area contributed by atoms with Crippen LogP contribution in [0.25, 0.3) is 0 Å². The molecule has 0 aliphatic rings. The molecule has 0 atom stereocenters. The largest absolute Gasteiger partial charge is 0.478 e.